The van der Waals surface area contributed by atoms with Crippen molar-refractivity contribution in [1.82, 2.24) is 15.5 Å². The molecule has 2 atom stereocenters. The Morgan fingerprint density at radius 2 is 2.07 bits per heavy atom. The van der Waals surface area contributed by atoms with Crippen LogP contribution < -0.4 is 10.6 Å². The third-order valence-corrected chi connectivity index (χ3v) is 5.73. The Labute approximate surface area is 175 Å². The average molecular weight is 426 g/mol. The second kappa shape index (κ2) is 11.3. The summed E-state index contributed by atoms with van der Waals surface area (Å²) in [6.07, 6.45) is 4.62. The summed E-state index contributed by atoms with van der Waals surface area (Å²) in [5, 5.41) is 6.18. The second-order valence-corrected chi connectivity index (χ2v) is 8.22. The van der Waals surface area contributed by atoms with Crippen LogP contribution in [0.25, 0.3) is 0 Å². The summed E-state index contributed by atoms with van der Waals surface area (Å²) in [5.74, 6) is 0.288. The van der Waals surface area contributed by atoms with Gasteiger partial charge in [0, 0.05) is 25.6 Å². The summed E-state index contributed by atoms with van der Waals surface area (Å²) < 4.78 is 0. The van der Waals surface area contributed by atoms with E-state index in [1.165, 1.54) is 0 Å². The Kier molecular flexibility index (Phi) is 9.12. The van der Waals surface area contributed by atoms with Gasteiger partial charge < -0.3 is 15.5 Å². The molecule has 0 aromatic heterocycles. The smallest absolute Gasteiger partial charge is 0.253 e. The van der Waals surface area contributed by atoms with Crippen LogP contribution in [0.1, 0.15) is 43.0 Å². The molecule has 2 unspecified atom stereocenters. The summed E-state index contributed by atoms with van der Waals surface area (Å²) in [7, 11) is 0. The van der Waals surface area contributed by atoms with Gasteiger partial charge in [0.25, 0.3) is 5.91 Å². The fraction of sp³-hybridized carbons (Fsp3) is 0.550. The van der Waals surface area contributed by atoms with E-state index < -0.39 is 6.04 Å². The number of carbonyl (C=O) groups is 3. The molecular weight excluding hydrogens is 398 g/mol. The Morgan fingerprint density at radius 1 is 1.32 bits per heavy atom. The molecule has 0 aliphatic carbocycles. The van der Waals surface area contributed by atoms with Crippen molar-refractivity contribution < 1.29 is 14.4 Å². The van der Waals surface area contributed by atoms with Crippen LogP contribution in [0.15, 0.2) is 24.3 Å². The Morgan fingerprint density at radius 3 is 2.75 bits per heavy atom. The van der Waals surface area contributed by atoms with Gasteiger partial charge in [-0.2, -0.15) is 11.8 Å². The first-order chi connectivity index (χ1) is 13.5. The number of rotatable bonds is 8. The molecule has 0 spiro atoms. The zero-order valence-corrected chi connectivity index (χ0v) is 17.9. The van der Waals surface area contributed by atoms with Crippen LogP contribution >= 0.6 is 23.4 Å². The quantitative estimate of drug-likeness (QED) is 0.671. The fourth-order valence-corrected chi connectivity index (χ4v) is 3.91. The van der Waals surface area contributed by atoms with Gasteiger partial charge in [-0.3, -0.25) is 14.4 Å². The van der Waals surface area contributed by atoms with E-state index in [4.69, 9.17) is 11.6 Å². The molecule has 2 N–H and O–H groups in total. The van der Waals surface area contributed by atoms with Crippen LogP contribution in [0, 0.1) is 0 Å². The van der Waals surface area contributed by atoms with Gasteiger partial charge in [0.2, 0.25) is 11.8 Å². The Balaban J connectivity index is 2.06. The first kappa shape index (κ1) is 22.6. The number of amides is 3. The summed E-state index contributed by atoms with van der Waals surface area (Å²) in [4.78, 5) is 39.2. The van der Waals surface area contributed by atoms with Gasteiger partial charge in [0.15, 0.2) is 0 Å². The van der Waals surface area contributed by atoms with Crippen LogP contribution in [0.3, 0.4) is 0 Å². The zero-order chi connectivity index (χ0) is 20.5. The molecule has 0 bridgehead atoms. The number of carbonyl (C=O) groups excluding carboxylic acids is 3. The van der Waals surface area contributed by atoms with E-state index in [1.54, 1.807) is 40.9 Å². The highest BCUT2D eigenvalue weighted by atomic mass is 35.5. The van der Waals surface area contributed by atoms with Gasteiger partial charge in [-0.25, -0.2) is 0 Å². The molecule has 1 aromatic carbocycles. The highest BCUT2D eigenvalue weighted by molar-refractivity contribution is 7.98. The molecular formula is C20H28ClN3O3S. The molecule has 8 heteroatoms. The number of hydrogen-bond donors (Lipinski definition) is 2. The summed E-state index contributed by atoms with van der Waals surface area (Å²) in [6, 6.07) is 6.15. The van der Waals surface area contributed by atoms with Gasteiger partial charge >= 0.3 is 0 Å². The van der Waals surface area contributed by atoms with Crippen molar-refractivity contribution in [3.63, 3.8) is 0 Å². The van der Waals surface area contributed by atoms with Crippen LogP contribution in [-0.4, -0.2) is 59.8 Å². The van der Waals surface area contributed by atoms with Crippen LogP contribution in [0.4, 0.5) is 0 Å². The lowest BCUT2D eigenvalue weighted by molar-refractivity contribution is -0.135. The summed E-state index contributed by atoms with van der Waals surface area (Å²) in [5.41, 5.74) is 0.359. The molecule has 154 valence electrons. The van der Waals surface area contributed by atoms with Crippen LogP contribution in [-0.2, 0) is 9.59 Å². The number of hydrogen-bond acceptors (Lipinski definition) is 4. The predicted molar refractivity (Wildman–Crippen MR) is 114 cm³/mol. The molecule has 3 amide bonds. The van der Waals surface area contributed by atoms with Gasteiger partial charge in [-0.15, -0.1) is 0 Å². The molecule has 2 rings (SSSR count). The minimum atomic E-state index is -0.614. The predicted octanol–water partition coefficient (Wildman–Crippen LogP) is 2.71. The highest BCUT2D eigenvalue weighted by Gasteiger charge is 2.30. The van der Waals surface area contributed by atoms with Crippen molar-refractivity contribution >= 4 is 41.1 Å². The molecule has 0 radical (unpaired) electrons. The van der Waals surface area contributed by atoms with Crippen molar-refractivity contribution in [2.24, 2.45) is 0 Å². The molecule has 6 nitrogen and oxygen atoms in total. The largest absolute Gasteiger partial charge is 0.352 e. The lowest BCUT2D eigenvalue weighted by atomic mass is 10.0. The number of benzene rings is 1. The van der Waals surface area contributed by atoms with Crippen molar-refractivity contribution in [2.75, 3.05) is 25.1 Å². The van der Waals surface area contributed by atoms with E-state index in [0.29, 0.717) is 36.5 Å². The van der Waals surface area contributed by atoms with Gasteiger partial charge in [0.05, 0.1) is 10.6 Å². The van der Waals surface area contributed by atoms with Crippen LogP contribution in [0.5, 0.6) is 0 Å². The molecule has 1 aromatic rings. The maximum atomic E-state index is 13.1. The van der Waals surface area contributed by atoms with Crippen molar-refractivity contribution in [2.45, 2.75) is 44.7 Å². The maximum absolute atomic E-state index is 13.1. The molecule has 1 aliphatic heterocycles. The zero-order valence-electron chi connectivity index (χ0n) is 16.4. The molecule has 0 saturated carbocycles. The SMILES string of the molecule is CCC(=O)NC1CCCN(C(=O)C(CCSC)NC(=O)c2ccccc2Cl)C1. The molecule has 1 fully saturated rings. The standard InChI is InChI=1S/C20H28ClN3O3S/c1-3-18(25)22-14-7-6-11-24(13-14)20(27)17(10-12-28-2)23-19(26)15-8-4-5-9-16(15)21/h4-5,8-9,14,17H,3,6-7,10-13H2,1-2H3,(H,22,25)(H,23,26). The maximum Gasteiger partial charge on any atom is 0.253 e. The number of halogens is 1. The van der Waals surface area contributed by atoms with E-state index in [2.05, 4.69) is 10.6 Å². The number of nitrogens with one attached hydrogen (secondary N) is 2. The molecule has 1 saturated heterocycles. The number of likely N-dealkylation sites (tertiary alicyclic amines) is 1. The van der Waals surface area contributed by atoms with E-state index in [1.807, 2.05) is 13.2 Å². The van der Waals surface area contributed by atoms with E-state index in [-0.39, 0.29) is 23.8 Å². The third-order valence-electron chi connectivity index (χ3n) is 4.75. The van der Waals surface area contributed by atoms with Gasteiger partial charge in [0.1, 0.15) is 6.04 Å². The molecule has 1 aliphatic rings. The van der Waals surface area contributed by atoms with E-state index in [0.717, 1.165) is 18.6 Å². The van der Waals surface area contributed by atoms with Crippen LogP contribution in [0.2, 0.25) is 5.02 Å². The first-order valence-electron chi connectivity index (χ1n) is 9.58. The molecule has 28 heavy (non-hydrogen) atoms. The van der Waals surface area contributed by atoms with Gasteiger partial charge in [-0.1, -0.05) is 30.7 Å². The first-order valence-corrected chi connectivity index (χ1v) is 11.4. The van der Waals surface area contributed by atoms with Crippen molar-refractivity contribution in [3.05, 3.63) is 34.9 Å². The van der Waals surface area contributed by atoms with Crippen molar-refractivity contribution in [3.8, 4) is 0 Å². The minimum absolute atomic E-state index is 0.00902. The number of thioether (sulfide) groups is 1. The average Bonchev–Trinajstić information content (AvgIpc) is 2.70. The monoisotopic (exact) mass is 425 g/mol. The van der Waals surface area contributed by atoms with E-state index in [9.17, 15) is 14.4 Å². The van der Waals surface area contributed by atoms with Gasteiger partial charge in [-0.05, 0) is 43.4 Å². The third kappa shape index (κ3) is 6.41. The summed E-state index contributed by atoms with van der Waals surface area (Å²) in [6.45, 7) is 2.92. The molecule has 1 heterocycles. The highest BCUT2D eigenvalue weighted by Crippen LogP contribution is 2.17. The lowest BCUT2D eigenvalue weighted by Gasteiger charge is -2.35. The topological polar surface area (TPSA) is 78.5 Å². The number of piperidine rings is 1. The van der Waals surface area contributed by atoms with E-state index >= 15 is 0 Å². The minimum Gasteiger partial charge on any atom is -0.352 e. The summed E-state index contributed by atoms with van der Waals surface area (Å²) >= 11 is 7.74. The lowest BCUT2D eigenvalue weighted by Crippen LogP contribution is -2.55. The Hall–Kier alpha value is -1.73. The fourth-order valence-electron chi connectivity index (χ4n) is 3.22. The number of nitrogens with zero attached hydrogens (tertiary/aromatic N) is 1. The Bertz CT molecular complexity index is 701. The second-order valence-electron chi connectivity index (χ2n) is 6.83. The van der Waals surface area contributed by atoms with Crippen molar-refractivity contribution in [1.29, 1.82) is 0 Å². The normalized spacial score (nSPS) is 17.7.